The Labute approximate surface area is 98.0 Å². The van der Waals surface area contributed by atoms with Gasteiger partial charge in [-0.05, 0) is 6.42 Å². The summed E-state index contributed by atoms with van der Waals surface area (Å²) in [5.74, 6) is 0. The maximum atomic E-state index is 10.6. The summed E-state index contributed by atoms with van der Waals surface area (Å²) in [6.45, 7) is 2.17. The molecule has 1 N–H and O–H groups in total. The summed E-state index contributed by atoms with van der Waals surface area (Å²) < 4.78 is 28.6. The molecule has 0 aromatic rings. The van der Waals surface area contributed by atoms with Crippen LogP contribution in [0.15, 0.2) is 0 Å². The standard InChI is InChI=1S/C10H21ClO3S/c1-2-3-4-5-6-7-8-9-10(11)15(12,13)14/h10H,2-9H2,1H3,(H,12,13,14). The lowest BCUT2D eigenvalue weighted by Gasteiger charge is -2.05. The molecule has 0 saturated carbocycles. The molecular formula is C10H21ClO3S. The van der Waals surface area contributed by atoms with Crippen molar-refractivity contribution in [3.63, 3.8) is 0 Å². The monoisotopic (exact) mass is 256 g/mol. The summed E-state index contributed by atoms with van der Waals surface area (Å²) in [4.78, 5) is 0. The van der Waals surface area contributed by atoms with Crippen LogP contribution in [0.5, 0.6) is 0 Å². The van der Waals surface area contributed by atoms with E-state index in [-0.39, 0.29) is 0 Å². The molecule has 0 radical (unpaired) electrons. The van der Waals surface area contributed by atoms with Crippen LogP contribution < -0.4 is 0 Å². The smallest absolute Gasteiger partial charge is 0.281 e. The van der Waals surface area contributed by atoms with Gasteiger partial charge in [0.1, 0.15) is 0 Å². The van der Waals surface area contributed by atoms with Crippen LogP contribution in [0.2, 0.25) is 0 Å². The third-order valence-electron chi connectivity index (χ3n) is 2.36. The van der Waals surface area contributed by atoms with Gasteiger partial charge in [0.25, 0.3) is 10.1 Å². The van der Waals surface area contributed by atoms with Crippen molar-refractivity contribution in [3.05, 3.63) is 0 Å². The van der Waals surface area contributed by atoms with Crippen LogP contribution in [-0.2, 0) is 10.1 Å². The zero-order chi connectivity index (χ0) is 11.7. The number of alkyl halides is 1. The maximum absolute atomic E-state index is 10.6. The van der Waals surface area contributed by atoms with Crippen LogP contribution in [-0.4, -0.2) is 17.7 Å². The molecule has 0 aromatic heterocycles. The molecule has 92 valence electrons. The lowest BCUT2D eigenvalue weighted by molar-refractivity contribution is 0.473. The highest BCUT2D eigenvalue weighted by atomic mass is 35.5. The zero-order valence-corrected chi connectivity index (χ0v) is 10.9. The Morgan fingerprint density at radius 3 is 2.00 bits per heavy atom. The Balaban J connectivity index is 3.32. The Morgan fingerprint density at radius 2 is 1.53 bits per heavy atom. The summed E-state index contributed by atoms with van der Waals surface area (Å²) in [6, 6.07) is 0. The Kier molecular flexibility index (Phi) is 8.47. The Morgan fingerprint density at radius 1 is 1.07 bits per heavy atom. The van der Waals surface area contributed by atoms with Gasteiger partial charge in [-0.1, -0.05) is 51.9 Å². The molecule has 0 heterocycles. The topological polar surface area (TPSA) is 54.4 Å². The molecular weight excluding hydrogens is 236 g/mol. The predicted molar refractivity (Wildman–Crippen MR) is 63.8 cm³/mol. The molecule has 1 unspecified atom stereocenters. The van der Waals surface area contributed by atoms with E-state index < -0.39 is 14.8 Å². The van der Waals surface area contributed by atoms with Crippen LogP contribution >= 0.6 is 11.6 Å². The van der Waals surface area contributed by atoms with Gasteiger partial charge < -0.3 is 0 Å². The highest BCUT2D eigenvalue weighted by Gasteiger charge is 2.18. The third-order valence-corrected chi connectivity index (χ3v) is 4.13. The highest BCUT2D eigenvalue weighted by Crippen LogP contribution is 2.15. The summed E-state index contributed by atoms with van der Waals surface area (Å²) >= 11 is 5.48. The molecule has 0 bridgehead atoms. The summed E-state index contributed by atoms with van der Waals surface area (Å²) in [7, 11) is -4.04. The maximum Gasteiger partial charge on any atom is 0.281 e. The Bertz CT molecular complexity index is 239. The van der Waals surface area contributed by atoms with Crippen LogP contribution in [0.25, 0.3) is 0 Å². The number of rotatable bonds is 9. The van der Waals surface area contributed by atoms with Crippen LogP contribution in [0, 0.1) is 0 Å². The van der Waals surface area contributed by atoms with Crippen LogP contribution in [0.4, 0.5) is 0 Å². The first-order chi connectivity index (χ1) is 6.98. The van der Waals surface area contributed by atoms with E-state index in [1.165, 1.54) is 25.7 Å². The molecule has 0 amide bonds. The first-order valence-electron chi connectivity index (χ1n) is 5.59. The Hall–Kier alpha value is 0.200. The summed E-state index contributed by atoms with van der Waals surface area (Å²) in [6.07, 6.45) is 8.16. The summed E-state index contributed by atoms with van der Waals surface area (Å²) in [5, 5.41) is 0. The van der Waals surface area contributed by atoms with E-state index in [1.807, 2.05) is 0 Å². The van der Waals surface area contributed by atoms with Crippen molar-refractivity contribution in [1.82, 2.24) is 0 Å². The van der Waals surface area contributed by atoms with E-state index in [0.29, 0.717) is 6.42 Å². The zero-order valence-electron chi connectivity index (χ0n) is 9.28. The second-order valence-electron chi connectivity index (χ2n) is 3.84. The molecule has 5 heteroatoms. The van der Waals surface area contributed by atoms with E-state index in [2.05, 4.69) is 6.92 Å². The van der Waals surface area contributed by atoms with Crippen molar-refractivity contribution in [3.8, 4) is 0 Å². The molecule has 15 heavy (non-hydrogen) atoms. The van der Waals surface area contributed by atoms with E-state index in [9.17, 15) is 8.42 Å². The van der Waals surface area contributed by atoms with Gasteiger partial charge in [-0.3, -0.25) is 4.55 Å². The molecule has 0 rings (SSSR count). The van der Waals surface area contributed by atoms with E-state index in [4.69, 9.17) is 16.2 Å². The van der Waals surface area contributed by atoms with Crippen molar-refractivity contribution >= 4 is 21.7 Å². The number of halogens is 1. The summed E-state index contributed by atoms with van der Waals surface area (Å²) in [5.41, 5.74) is 0. The molecule has 0 fully saturated rings. The fourth-order valence-corrected chi connectivity index (χ4v) is 2.03. The second-order valence-corrected chi connectivity index (χ2v) is 6.22. The van der Waals surface area contributed by atoms with Crippen molar-refractivity contribution in [1.29, 1.82) is 0 Å². The molecule has 1 atom stereocenters. The molecule has 0 aliphatic rings. The van der Waals surface area contributed by atoms with Crippen molar-refractivity contribution in [2.24, 2.45) is 0 Å². The average molecular weight is 257 g/mol. The van der Waals surface area contributed by atoms with Gasteiger partial charge in [-0.25, -0.2) is 0 Å². The number of hydrogen-bond acceptors (Lipinski definition) is 2. The van der Waals surface area contributed by atoms with E-state index in [1.54, 1.807) is 0 Å². The van der Waals surface area contributed by atoms with Gasteiger partial charge >= 0.3 is 0 Å². The van der Waals surface area contributed by atoms with Crippen molar-refractivity contribution in [2.45, 2.75) is 63.0 Å². The van der Waals surface area contributed by atoms with Crippen molar-refractivity contribution < 1.29 is 13.0 Å². The van der Waals surface area contributed by atoms with E-state index >= 15 is 0 Å². The minimum absolute atomic E-state index is 0.341. The second kappa shape index (κ2) is 8.36. The van der Waals surface area contributed by atoms with Gasteiger partial charge in [0.15, 0.2) is 4.71 Å². The van der Waals surface area contributed by atoms with Gasteiger partial charge in [-0.15, -0.1) is 11.6 Å². The largest absolute Gasteiger partial charge is 0.284 e. The fourth-order valence-electron chi connectivity index (χ4n) is 1.41. The highest BCUT2D eigenvalue weighted by molar-refractivity contribution is 7.87. The number of hydrogen-bond donors (Lipinski definition) is 1. The van der Waals surface area contributed by atoms with Gasteiger partial charge in [0.05, 0.1) is 0 Å². The molecule has 0 aromatic carbocycles. The number of unbranched alkanes of at least 4 members (excludes halogenated alkanes) is 6. The lowest BCUT2D eigenvalue weighted by Crippen LogP contribution is -2.13. The lowest BCUT2D eigenvalue weighted by atomic mass is 10.1. The fraction of sp³-hybridized carbons (Fsp3) is 1.00. The molecule has 0 aliphatic carbocycles. The third kappa shape index (κ3) is 9.15. The molecule has 0 spiro atoms. The predicted octanol–water partition coefficient (Wildman–Crippen LogP) is 3.58. The quantitative estimate of drug-likeness (QED) is 0.390. The SMILES string of the molecule is CCCCCCCCCC(Cl)S(=O)(=O)O. The normalized spacial score (nSPS) is 14.1. The first kappa shape index (κ1) is 15.2. The average Bonchev–Trinajstić information content (AvgIpc) is 2.14. The minimum atomic E-state index is -4.04. The van der Waals surface area contributed by atoms with Crippen LogP contribution in [0.3, 0.4) is 0 Å². The molecule has 3 nitrogen and oxygen atoms in total. The van der Waals surface area contributed by atoms with Gasteiger partial charge in [0, 0.05) is 0 Å². The van der Waals surface area contributed by atoms with Crippen LogP contribution in [0.1, 0.15) is 58.3 Å². The molecule has 0 aliphatic heterocycles. The van der Waals surface area contributed by atoms with E-state index in [0.717, 1.165) is 19.3 Å². The van der Waals surface area contributed by atoms with Gasteiger partial charge in [0.2, 0.25) is 0 Å². The molecule has 0 saturated heterocycles. The van der Waals surface area contributed by atoms with Crippen molar-refractivity contribution in [2.75, 3.05) is 0 Å². The van der Waals surface area contributed by atoms with Gasteiger partial charge in [-0.2, -0.15) is 8.42 Å². The minimum Gasteiger partial charge on any atom is -0.284 e. The first-order valence-corrected chi connectivity index (χ1v) is 7.52.